The van der Waals surface area contributed by atoms with Gasteiger partial charge in [-0.25, -0.2) is 18.4 Å². The second kappa shape index (κ2) is 5.75. The largest absolute Gasteiger partial charge is 0.355 e. The summed E-state index contributed by atoms with van der Waals surface area (Å²) in [5.74, 6) is 1.49. The molecule has 0 radical (unpaired) electrons. The highest BCUT2D eigenvalue weighted by Gasteiger charge is 2.44. The Bertz CT molecular complexity index is 1040. The van der Waals surface area contributed by atoms with Crippen LogP contribution in [0.5, 0.6) is 0 Å². The molecule has 5 rings (SSSR count). The first-order chi connectivity index (χ1) is 12.6. The van der Waals surface area contributed by atoms with Gasteiger partial charge in [-0.15, -0.1) is 0 Å². The zero-order chi connectivity index (χ0) is 17.7. The number of aromatic amines is 1. The van der Waals surface area contributed by atoms with Crippen molar-refractivity contribution in [3.8, 4) is 0 Å². The molecule has 4 heterocycles. The van der Waals surface area contributed by atoms with Crippen LogP contribution >= 0.6 is 0 Å². The molecule has 0 bridgehead atoms. The fraction of sp³-hybridized carbons (Fsp3) is 0.353. The third kappa shape index (κ3) is 2.38. The predicted octanol–water partition coefficient (Wildman–Crippen LogP) is 1.11. The number of benzene rings is 1. The lowest BCUT2D eigenvalue weighted by Gasteiger charge is -2.22. The van der Waals surface area contributed by atoms with Crippen LogP contribution in [0.25, 0.3) is 11.0 Å². The van der Waals surface area contributed by atoms with Gasteiger partial charge in [0, 0.05) is 26.2 Å². The van der Waals surface area contributed by atoms with Crippen molar-refractivity contribution in [2.75, 3.05) is 31.1 Å². The number of nitrogens with zero attached hydrogens (tertiary/aromatic N) is 5. The number of fused-ring (bicyclic) bond motifs is 2. The summed E-state index contributed by atoms with van der Waals surface area (Å²) in [6.45, 7) is 2.70. The molecule has 26 heavy (non-hydrogen) atoms. The van der Waals surface area contributed by atoms with Crippen molar-refractivity contribution in [2.24, 2.45) is 11.8 Å². The molecule has 2 fully saturated rings. The molecule has 0 saturated carbocycles. The second-order valence-electron chi connectivity index (χ2n) is 6.89. The van der Waals surface area contributed by atoms with Gasteiger partial charge in [0.05, 0.1) is 16.5 Å². The number of sulfonamides is 1. The number of hydrogen-bond donors (Lipinski definition) is 1. The molecule has 0 spiro atoms. The number of anilines is 1. The van der Waals surface area contributed by atoms with E-state index in [0.29, 0.717) is 29.8 Å². The summed E-state index contributed by atoms with van der Waals surface area (Å²) >= 11 is 0. The molecule has 2 aromatic heterocycles. The van der Waals surface area contributed by atoms with E-state index in [1.54, 1.807) is 34.8 Å². The van der Waals surface area contributed by atoms with Gasteiger partial charge in [0.15, 0.2) is 5.65 Å². The van der Waals surface area contributed by atoms with Crippen LogP contribution in [-0.2, 0) is 10.0 Å². The highest BCUT2D eigenvalue weighted by atomic mass is 32.2. The molecule has 1 aromatic carbocycles. The minimum Gasteiger partial charge on any atom is -0.355 e. The fourth-order valence-corrected chi connectivity index (χ4v) is 5.64. The molecular formula is C17H18N6O2S. The molecule has 1 N–H and O–H groups in total. The smallest absolute Gasteiger partial charge is 0.243 e. The first kappa shape index (κ1) is 15.7. The van der Waals surface area contributed by atoms with E-state index in [1.807, 2.05) is 6.07 Å². The van der Waals surface area contributed by atoms with E-state index in [1.165, 1.54) is 6.33 Å². The highest BCUT2D eigenvalue weighted by Crippen LogP contribution is 2.37. The highest BCUT2D eigenvalue weighted by molar-refractivity contribution is 7.89. The van der Waals surface area contributed by atoms with Crippen LogP contribution in [0.15, 0.2) is 47.8 Å². The van der Waals surface area contributed by atoms with Crippen LogP contribution in [0.2, 0.25) is 0 Å². The zero-order valence-electron chi connectivity index (χ0n) is 14.0. The van der Waals surface area contributed by atoms with E-state index in [9.17, 15) is 8.42 Å². The molecule has 0 amide bonds. The Morgan fingerprint density at radius 3 is 2.46 bits per heavy atom. The second-order valence-corrected chi connectivity index (χ2v) is 8.83. The van der Waals surface area contributed by atoms with Gasteiger partial charge in [-0.3, -0.25) is 5.10 Å². The minimum absolute atomic E-state index is 0.311. The van der Waals surface area contributed by atoms with E-state index in [0.717, 1.165) is 29.9 Å². The van der Waals surface area contributed by atoms with Crippen molar-refractivity contribution in [2.45, 2.75) is 4.90 Å². The molecule has 3 aromatic rings. The molecule has 9 heteroatoms. The average molecular weight is 370 g/mol. The van der Waals surface area contributed by atoms with E-state index in [-0.39, 0.29) is 0 Å². The summed E-state index contributed by atoms with van der Waals surface area (Å²) in [6.07, 6.45) is 3.28. The van der Waals surface area contributed by atoms with Gasteiger partial charge in [0.2, 0.25) is 10.0 Å². The first-order valence-corrected chi connectivity index (χ1v) is 10.0. The Labute approximate surface area is 150 Å². The molecule has 2 unspecified atom stereocenters. The predicted molar refractivity (Wildman–Crippen MR) is 96.1 cm³/mol. The van der Waals surface area contributed by atoms with Gasteiger partial charge >= 0.3 is 0 Å². The van der Waals surface area contributed by atoms with Crippen molar-refractivity contribution in [3.05, 3.63) is 42.9 Å². The van der Waals surface area contributed by atoms with Crippen LogP contribution in [0.3, 0.4) is 0 Å². The van der Waals surface area contributed by atoms with Crippen LogP contribution in [0.1, 0.15) is 0 Å². The van der Waals surface area contributed by atoms with Crippen molar-refractivity contribution < 1.29 is 8.42 Å². The quantitative estimate of drug-likeness (QED) is 0.742. The molecule has 2 aliphatic rings. The summed E-state index contributed by atoms with van der Waals surface area (Å²) in [5.41, 5.74) is 0.723. The number of aromatic nitrogens is 4. The van der Waals surface area contributed by atoms with E-state index in [4.69, 9.17) is 0 Å². The Balaban J connectivity index is 1.36. The topological polar surface area (TPSA) is 95.1 Å². The lowest BCUT2D eigenvalue weighted by molar-refractivity contribution is 0.453. The van der Waals surface area contributed by atoms with Crippen LogP contribution in [0, 0.1) is 11.8 Å². The Morgan fingerprint density at radius 2 is 1.73 bits per heavy atom. The van der Waals surface area contributed by atoms with Gasteiger partial charge in [-0.2, -0.15) is 9.40 Å². The monoisotopic (exact) mass is 370 g/mol. The van der Waals surface area contributed by atoms with Crippen LogP contribution in [-0.4, -0.2) is 59.1 Å². The molecule has 0 aliphatic carbocycles. The molecule has 8 nitrogen and oxygen atoms in total. The van der Waals surface area contributed by atoms with Crippen molar-refractivity contribution in [3.63, 3.8) is 0 Å². The molecular weight excluding hydrogens is 352 g/mol. The fourth-order valence-electron chi connectivity index (χ4n) is 4.07. The van der Waals surface area contributed by atoms with Crippen molar-refractivity contribution >= 4 is 26.9 Å². The first-order valence-electron chi connectivity index (χ1n) is 8.57. The average Bonchev–Trinajstić information content (AvgIpc) is 3.36. The third-order valence-electron chi connectivity index (χ3n) is 5.36. The van der Waals surface area contributed by atoms with E-state index < -0.39 is 10.0 Å². The zero-order valence-corrected chi connectivity index (χ0v) is 14.8. The lowest BCUT2D eigenvalue weighted by Crippen LogP contribution is -2.33. The SMILES string of the molecule is O=S(=O)(c1ccccc1)N1CC2CN(c3ncnc4[nH]ncc34)CC2C1. The maximum absolute atomic E-state index is 12.8. The minimum atomic E-state index is -3.41. The number of rotatable bonds is 3. The Hall–Kier alpha value is -2.52. The summed E-state index contributed by atoms with van der Waals surface area (Å²) in [5, 5.41) is 7.81. The molecule has 2 saturated heterocycles. The summed E-state index contributed by atoms with van der Waals surface area (Å²) < 4.78 is 27.3. The maximum atomic E-state index is 12.8. The summed E-state index contributed by atoms with van der Waals surface area (Å²) in [6, 6.07) is 8.67. The summed E-state index contributed by atoms with van der Waals surface area (Å²) in [4.78, 5) is 11.2. The standard InChI is InChI=1S/C17H18N6O2S/c24-26(25,14-4-2-1-3-5-14)23-9-12-7-22(8-13(12)10-23)17-15-6-20-21-16(15)18-11-19-17/h1-6,11-13H,7-10H2,(H,18,19,20,21). The maximum Gasteiger partial charge on any atom is 0.243 e. The van der Waals surface area contributed by atoms with Crippen molar-refractivity contribution in [1.29, 1.82) is 0 Å². The Morgan fingerprint density at radius 1 is 1.00 bits per heavy atom. The number of H-pyrrole nitrogens is 1. The normalized spacial score (nSPS) is 23.6. The molecule has 2 aliphatic heterocycles. The van der Waals surface area contributed by atoms with Gasteiger partial charge in [0.1, 0.15) is 12.1 Å². The lowest BCUT2D eigenvalue weighted by atomic mass is 10.0. The van der Waals surface area contributed by atoms with Crippen LogP contribution < -0.4 is 4.90 Å². The molecule has 134 valence electrons. The van der Waals surface area contributed by atoms with Crippen molar-refractivity contribution in [1.82, 2.24) is 24.5 Å². The van der Waals surface area contributed by atoms with E-state index in [2.05, 4.69) is 25.1 Å². The van der Waals surface area contributed by atoms with Gasteiger partial charge in [-0.05, 0) is 24.0 Å². The summed E-state index contributed by atoms with van der Waals surface area (Å²) in [7, 11) is -3.41. The molecule has 2 atom stereocenters. The van der Waals surface area contributed by atoms with Crippen LogP contribution in [0.4, 0.5) is 5.82 Å². The van der Waals surface area contributed by atoms with Gasteiger partial charge < -0.3 is 4.90 Å². The van der Waals surface area contributed by atoms with Gasteiger partial charge in [0.25, 0.3) is 0 Å². The van der Waals surface area contributed by atoms with Gasteiger partial charge in [-0.1, -0.05) is 18.2 Å². The van der Waals surface area contributed by atoms with E-state index >= 15 is 0 Å². The Kier molecular flexibility index (Phi) is 3.47. The third-order valence-corrected chi connectivity index (χ3v) is 7.21. The number of hydrogen-bond acceptors (Lipinski definition) is 6. The number of nitrogens with one attached hydrogen (secondary N) is 1.